The van der Waals surface area contributed by atoms with Crippen molar-refractivity contribution in [3.63, 3.8) is 0 Å². The van der Waals surface area contributed by atoms with Gasteiger partial charge in [0, 0.05) is 50.0 Å². The first-order chi connectivity index (χ1) is 10.8. The van der Waals surface area contributed by atoms with E-state index in [-0.39, 0.29) is 0 Å². The van der Waals surface area contributed by atoms with Crippen LogP contribution in [0.25, 0.3) is 0 Å². The summed E-state index contributed by atoms with van der Waals surface area (Å²) < 4.78 is 0. The largest absolute Gasteiger partial charge is 0.356 e. The standard InChI is InChI=1S/C16H23N5S/c1-3-14-12-21-15(22-14)7-10-20-16(17-2)19-9-6-13-5-4-8-18-11-13/h4-5,8,11-12H,3,6-7,9-10H2,1-2H3,(H2,17,19,20). The topological polar surface area (TPSA) is 62.2 Å². The molecule has 2 aromatic rings. The van der Waals surface area contributed by atoms with Crippen LogP contribution in [0.4, 0.5) is 0 Å². The van der Waals surface area contributed by atoms with Gasteiger partial charge in [-0.15, -0.1) is 11.3 Å². The van der Waals surface area contributed by atoms with Gasteiger partial charge in [0.25, 0.3) is 0 Å². The molecule has 0 fully saturated rings. The molecule has 6 heteroatoms. The molecule has 22 heavy (non-hydrogen) atoms. The second-order valence-electron chi connectivity index (χ2n) is 4.86. The minimum atomic E-state index is 0.830. The average Bonchev–Trinajstić information content (AvgIpc) is 3.02. The van der Waals surface area contributed by atoms with E-state index in [4.69, 9.17) is 0 Å². The number of hydrogen-bond donors (Lipinski definition) is 2. The molecule has 0 aliphatic rings. The average molecular weight is 317 g/mol. The van der Waals surface area contributed by atoms with Crippen molar-refractivity contribution in [1.29, 1.82) is 0 Å². The van der Waals surface area contributed by atoms with E-state index in [0.29, 0.717) is 0 Å². The molecular weight excluding hydrogens is 294 g/mol. The first kappa shape index (κ1) is 16.4. The van der Waals surface area contributed by atoms with Crippen molar-refractivity contribution < 1.29 is 0 Å². The molecule has 2 rings (SSSR count). The van der Waals surface area contributed by atoms with Crippen LogP contribution < -0.4 is 10.6 Å². The zero-order valence-electron chi connectivity index (χ0n) is 13.2. The van der Waals surface area contributed by atoms with E-state index in [2.05, 4.69) is 38.6 Å². The van der Waals surface area contributed by atoms with Crippen LogP contribution in [0.2, 0.25) is 0 Å². The number of aromatic nitrogens is 2. The lowest BCUT2D eigenvalue weighted by molar-refractivity contribution is 0.781. The lowest BCUT2D eigenvalue weighted by atomic mass is 10.2. The van der Waals surface area contributed by atoms with Crippen molar-refractivity contribution in [3.8, 4) is 0 Å². The van der Waals surface area contributed by atoms with Crippen LogP contribution in [0.5, 0.6) is 0 Å². The first-order valence-corrected chi connectivity index (χ1v) is 8.40. The third-order valence-electron chi connectivity index (χ3n) is 3.23. The molecule has 5 nitrogen and oxygen atoms in total. The highest BCUT2D eigenvalue weighted by atomic mass is 32.1. The second-order valence-corrected chi connectivity index (χ2v) is 6.06. The number of thiazole rings is 1. The predicted molar refractivity (Wildman–Crippen MR) is 92.5 cm³/mol. The maximum absolute atomic E-state index is 4.42. The smallest absolute Gasteiger partial charge is 0.191 e. The molecule has 2 N–H and O–H groups in total. The summed E-state index contributed by atoms with van der Waals surface area (Å²) in [6, 6.07) is 4.04. The van der Waals surface area contributed by atoms with Gasteiger partial charge in [0.15, 0.2) is 5.96 Å². The number of rotatable bonds is 7. The van der Waals surface area contributed by atoms with Crippen LogP contribution in [0, 0.1) is 0 Å². The number of nitrogens with one attached hydrogen (secondary N) is 2. The fraction of sp³-hybridized carbons (Fsp3) is 0.438. The minimum Gasteiger partial charge on any atom is -0.356 e. The molecule has 0 atom stereocenters. The van der Waals surface area contributed by atoms with Crippen LogP contribution in [0.3, 0.4) is 0 Å². The zero-order chi connectivity index (χ0) is 15.6. The van der Waals surface area contributed by atoms with Gasteiger partial charge >= 0.3 is 0 Å². The molecule has 0 unspecified atom stereocenters. The highest BCUT2D eigenvalue weighted by Crippen LogP contribution is 2.13. The van der Waals surface area contributed by atoms with Gasteiger partial charge < -0.3 is 10.6 Å². The quantitative estimate of drug-likeness (QED) is 0.606. The highest BCUT2D eigenvalue weighted by Gasteiger charge is 2.02. The van der Waals surface area contributed by atoms with E-state index < -0.39 is 0 Å². The van der Waals surface area contributed by atoms with Gasteiger partial charge in [0.05, 0.1) is 5.01 Å². The molecule has 0 aliphatic heterocycles. The Labute approximate surface area is 135 Å². The van der Waals surface area contributed by atoms with E-state index in [0.717, 1.165) is 38.3 Å². The Bertz CT molecular complexity index is 579. The van der Waals surface area contributed by atoms with Crippen molar-refractivity contribution in [2.45, 2.75) is 26.2 Å². The van der Waals surface area contributed by atoms with Crippen LogP contribution in [-0.4, -0.2) is 36.1 Å². The van der Waals surface area contributed by atoms with E-state index in [1.54, 1.807) is 24.6 Å². The van der Waals surface area contributed by atoms with E-state index >= 15 is 0 Å². The fourth-order valence-corrected chi connectivity index (χ4v) is 2.87. The molecule has 2 aromatic heterocycles. The summed E-state index contributed by atoms with van der Waals surface area (Å²) in [5.41, 5.74) is 1.22. The Kier molecular flexibility index (Phi) is 6.83. The molecule has 0 saturated heterocycles. The van der Waals surface area contributed by atoms with Crippen LogP contribution in [0.1, 0.15) is 22.4 Å². The third-order valence-corrected chi connectivity index (χ3v) is 4.44. The molecule has 0 bridgehead atoms. The number of guanidine groups is 1. The van der Waals surface area contributed by atoms with Crippen molar-refractivity contribution in [1.82, 2.24) is 20.6 Å². The summed E-state index contributed by atoms with van der Waals surface area (Å²) in [6.45, 7) is 3.83. The summed E-state index contributed by atoms with van der Waals surface area (Å²) >= 11 is 1.79. The van der Waals surface area contributed by atoms with Crippen LogP contribution >= 0.6 is 11.3 Å². The summed E-state index contributed by atoms with van der Waals surface area (Å²) in [5.74, 6) is 0.830. The number of aryl methyl sites for hydroxylation is 1. The maximum atomic E-state index is 4.42. The summed E-state index contributed by atoms with van der Waals surface area (Å²) in [7, 11) is 1.79. The maximum Gasteiger partial charge on any atom is 0.191 e. The van der Waals surface area contributed by atoms with Gasteiger partial charge in [-0.25, -0.2) is 4.98 Å². The first-order valence-electron chi connectivity index (χ1n) is 7.58. The Morgan fingerprint density at radius 3 is 2.68 bits per heavy atom. The second kappa shape index (κ2) is 9.15. The molecule has 0 amide bonds. The van der Waals surface area contributed by atoms with Crippen molar-refractivity contribution in [2.75, 3.05) is 20.1 Å². The van der Waals surface area contributed by atoms with Gasteiger partial charge in [-0.3, -0.25) is 9.98 Å². The molecule has 0 aromatic carbocycles. The molecule has 0 radical (unpaired) electrons. The Morgan fingerprint density at radius 1 is 1.23 bits per heavy atom. The van der Waals surface area contributed by atoms with Crippen molar-refractivity contribution >= 4 is 17.3 Å². The van der Waals surface area contributed by atoms with Crippen LogP contribution in [0.15, 0.2) is 35.7 Å². The SMILES string of the molecule is CCc1cnc(CCNC(=NC)NCCc2cccnc2)s1. The van der Waals surface area contributed by atoms with E-state index in [9.17, 15) is 0 Å². The minimum absolute atomic E-state index is 0.830. The van der Waals surface area contributed by atoms with E-state index in [1.165, 1.54) is 15.4 Å². The molecular formula is C16H23N5S. The molecule has 118 valence electrons. The van der Waals surface area contributed by atoms with Crippen molar-refractivity contribution in [2.24, 2.45) is 4.99 Å². The van der Waals surface area contributed by atoms with Gasteiger partial charge in [0.1, 0.15) is 0 Å². The predicted octanol–water partition coefficient (Wildman–Crippen LogP) is 2.05. The van der Waals surface area contributed by atoms with Crippen LogP contribution in [-0.2, 0) is 19.3 Å². The fourth-order valence-electron chi connectivity index (χ4n) is 2.01. The number of pyridine rings is 1. The number of hydrogen-bond acceptors (Lipinski definition) is 4. The Morgan fingerprint density at radius 2 is 2.05 bits per heavy atom. The Hall–Kier alpha value is -1.95. The lowest BCUT2D eigenvalue weighted by Crippen LogP contribution is -2.39. The molecule has 0 saturated carbocycles. The Balaban J connectivity index is 1.66. The summed E-state index contributed by atoms with van der Waals surface area (Å²) in [6.07, 6.45) is 8.57. The molecule has 0 aliphatic carbocycles. The number of nitrogens with zero attached hydrogens (tertiary/aromatic N) is 3. The van der Waals surface area contributed by atoms with Gasteiger partial charge in [-0.05, 0) is 24.5 Å². The summed E-state index contributed by atoms with van der Waals surface area (Å²) in [4.78, 5) is 14.1. The molecule has 0 spiro atoms. The lowest BCUT2D eigenvalue weighted by Gasteiger charge is -2.11. The van der Waals surface area contributed by atoms with Crippen molar-refractivity contribution in [3.05, 3.63) is 46.2 Å². The zero-order valence-corrected chi connectivity index (χ0v) is 14.0. The van der Waals surface area contributed by atoms with Gasteiger partial charge in [0.2, 0.25) is 0 Å². The summed E-state index contributed by atoms with van der Waals surface area (Å²) in [5, 5.41) is 7.81. The monoisotopic (exact) mass is 317 g/mol. The van der Waals surface area contributed by atoms with Gasteiger partial charge in [-0.1, -0.05) is 13.0 Å². The van der Waals surface area contributed by atoms with E-state index in [1.807, 2.05) is 18.5 Å². The van der Waals surface area contributed by atoms with Gasteiger partial charge in [-0.2, -0.15) is 0 Å². The highest BCUT2D eigenvalue weighted by molar-refractivity contribution is 7.11. The molecule has 2 heterocycles. The number of aliphatic imine (C=N–C) groups is 1. The third kappa shape index (κ3) is 5.44. The normalized spacial score (nSPS) is 11.5.